The number of aromatic nitrogens is 4. The lowest BCUT2D eigenvalue weighted by atomic mass is 10.2. The fourth-order valence-corrected chi connectivity index (χ4v) is 5.47. The van der Waals surface area contributed by atoms with E-state index in [4.69, 9.17) is 9.97 Å². The van der Waals surface area contributed by atoms with Crippen LogP contribution in [-0.4, -0.2) is 31.8 Å². The van der Waals surface area contributed by atoms with Gasteiger partial charge in [0.05, 0.1) is 22.2 Å². The molecule has 0 unspecified atom stereocenters. The average molecular weight is 434 g/mol. The summed E-state index contributed by atoms with van der Waals surface area (Å²) in [5, 5.41) is 4.67. The monoisotopic (exact) mass is 433 g/mol. The molecule has 150 valence electrons. The second kappa shape index (κ2) is 7.70. The Morgan fingerprint density at radius 1 is 1.07 bits per heavy atom. The molecule has 0 fully saturated rings. The number of amides is 1. The van der Waals surface area contributed by atoms with Crippen molar-refractivity contribution < 1.29 is 4.79 Å². The fourth-order valence-electron chi connectivity index (χ4n) is 3.53. The maximum atomic E-state index is 11.8. The molecule has 0 aliphatic carbocycles. The summed E-state index contributed by atoms with van der Waals surface area (Å²) in [4.78, 5) is 27.9. The van der Waals surface area contributed by atoms with E-state index in [0.29, 0.717) is 12.3 Å². The molecule has 5 aromatic rings. The fraction of sp³-hybridized carbons (Fsp3) is 0.182. The van der Waals surface area contributed by atoms with Crippen LogP contribution in [0.15, 0.2) is 59.1 Å². The van der Waals surface area contributed by atoms with Crippen LogP contribution >= 0.6 is 23.1 Å². The maximum absolute atomic E-state index is 11.8. The quantitative estimate of drug-likeness (QED) is 0.283. The minimum Gasteiger partial charge on any atom is -0.289 e. The average Bonchev–Trinajstić information content (AvgIpc) is 3.37. The molecule has 0 spiro atoms. The Morgan fingerprint density at radius 2 is 1.83 bits per heavy atom. The van der Waals surface area contributed by atoms with E-state index in [1.807, 2.05) is 48.7 Å². The largest absolute Gasteiger partial charge is 0.289 e. The number of fused-ring (bicyclic) bond motifs is 5. The summed E-state index contributed by atoms with van der Waals surface area (Å²) in [6.07, 6.45) is 0. The van der Waals surface area contributed by atoms with Gasteiger partial charge in [0.2, 0.25) is 5.91 Å². The molecule has 0 aliphatic heterocycles. The van der Waals surface area contributed by atoms with Crippen molar-refractivity contribution in [1.82, 2.24) is 19.4 Å². The molecule has 1 amide bonds. The van der Waals surface area contributed by atoms with Gasteiger partial charge in [0.1, 0.15) is 5.65 Å². The van der Waals surface area contributed by atoms with E-state index < -0.39 is 0 Å². The number of anilines is 1. The molecule has 8 heteroatoms. The van der Waals surface area contributed by atoms with E-state index in [0.717, 1.165) is 43.6 Å². The van der Waals surface area contributed by atoms with Crippen molar-refractivity contribution in [3.05, 3.63) is 59.6 Å². The van der Waals surface area contributed by atoms with Gasteiger partial charge >= 0.3 is 0 Å². The molecule has 5 rings (SSSR count). The lowest BCUT2D eigenvalue weighted by molar-refractivity contribution is -0.116. The van der Waals surface area contributed by atoms with Crippen molar-refractivity contribution in [3.63, 3.8) is 0 Å². The van der Waals surface area contributed by atoms with Crippen molar-refractivity contribution in [2.24, 2.45) is 0 Å². The number of nitrogens with zero attached hydrogens (tertiary/aromatic N) is 5. The predicted molar refractivity (Wildman–Crippen MR) is 123 cm³/mol. The minimum absolute atomic E-state index is 0.00819. The van der Waals surface area contributed by atoms with Crippen LogP contribution < -0.4 is 4.90 Å². The number of carbonyl (C=O) groups is 1. The van der Waals surface area contributed by atoms with E-state index in [-0.39, 0.29) is 5.91 Å². The zero-order valence-corrected chi connectivity index (χ0v) is 18.2. The third-order valence-corrected chi connectivity index (χ3v) is 6.81. The van der Waals surface area contributed by atoms with Crippen LogP contribution in [0.4, 0.5) is 5.13 Å². The Kier molecular flexibility index (Phi) is 4.88. The van der Waals surface area contributed by atoms with Crippen molar-refractivity contribution >= 4 is 61.7 Å². The highest BCUT2D eigenvalue weighted by Gasteiger charge is 2.16. The summed E-state index contributed by atoms with van der Waals surface area (Å²) in [5.74, 6) is 0.674. The first-order valence-electron chi connectivity index (χ1n) is 9.67. The smallest absolute Gasteiger partial charge is 0.225 e. The van der Waals surface area contributed by atoms with Gasteiger partial charge in [-0.3, -0.25) is 14.1 Å². The van der Waals surface area contributed by atoms with Crippen molar-refractivity contribution in [1.29, 1.82) is 0 Å². The first-order chi connectivity index (χ1) is 14.7. The lowest BCUT2D eigenvalue weighted by Gasteiger charge is -2.14. The number of rotatable bonds is 5. The number of imidazole rings is 1. The van der Waals surface area contributed by atoms with E-state index >= 15 is 0 Å². The number of carbonyl (C=O) groups excluding carboxylic acids is 1. The van der Waals surface area contributed by atoms with Gasteiger partial charge in [0, 0.05) is 30.0 Å². The molecule has 0 aliphatic rings. The van der Waals surface area contributed by atoms with E-state index in [1.54, 1.807) is 23.6 Å². The molecule has 2 aromatic carbocycles. The third kappa shape index (κ3) is 3.22. The molecule has 0 N–H and O–H groups in total. The van der Waals surface area contributed by atoms with Crippen molar-refractivity contribution in [2.75, 3.05) is 11.4 Å². The standard InChI is InChI=1S/C22H19N5OS2/c1-3-26(14(2)28)21-23-15(12-29-21)13-30-22-25-17-9-5-4-8-16(17)20-24-18-10-6-7-11-19(18)27(20)22/h4-12H,3,13H2,1-2H3. The van der Waals surface area contributed by atoms with Gasteiger partial charge in [0.25, 0.3) is 0 Å². The molecule has 6 nitrogen and oxygen atoms in total. The zero-order valence-electron chi connectivity index (χ0n) is 16.6. The number of thioether (sulfide) groups is 1. The zero-order chi connectivity index (χ0) is 20.7. The third-order valence-electron chi connectivity index (χ3n) is 4.93. The van der Waals surface area contributed by atoms with Crippen molar-refractivity contribution in [2.45, 2.75) is 24.8 Å². The minimum atomic E-state index is 0.00819. The number of hydrogen-bond donors (Lipinski definition) is 0. The van der Waals surface area contributed by atoms with Gasteiger partial charge in [0.15, 0.2) is 10.3 Å². The van der Waals surface area contributed by atoms with Gasteiger partial charge in [-0.2, -0.15) is 0 Å². The Morgan fingerprint density at radius 3 is 2.63 bits per heavy atom. The Bertz CT molecular complexity index is 1390. The van der Waals surface area contributed by atoms with Gasteiger partial charge in [-0.05, 0) is 31.2 Å². The Balaban J connectivity index is 1.56. The van der Waals surface area contributed by atoms with Crippen LogP contribution in [0.25, 0.3) is 27.6 Å². The molecular weight excluding hydrogens is 414 g/mol. The molecule has 0 saturated carbocycles. The van der Waals surface area contributed by atoms with Crippen LogP contribution in [0.3, 0.4) is 0 Å². The SMILES string of the molecule is CCN(C(C)=O)c1nc(CSc2nc3ccccc3c3nc4ccccc4n23)cs1. The van der Waals surface area contributed by atoms with Crippen LogP contribution in [0.1, 0.15) is 19.5 Å². The highest BCUT2D eigenvalue weighted by molar-refractivity contribution is 7.98. The summed E-state index contributed by atoms with van der Waals surface area (Å²) in [7, 11) is 0. The van der Waals surface area contributed by atoms with Crippen LogP contribution in [-0.2, 0) is 10.5 Å². The summed E-state index contributed by atoms with van der Waals surface area (Å²) in [6.45, 7) is 4.14. The van der Waals surface area contributed by atoms with Crippen LogP contribution in [0, 0.1) is 0 Å². The van der Waals surface area contributed by atoms with Gasteiger partial charge in [-0.25, -0.2) is 15.0 Å². The molecular formula is C22H19N5OS2. The summed E-state index contributed by atoms with van der Waals surface area (Å²) in [5.41, 5.74) is 4.77. The predicted octanol–water partition coefficient (Wildman–Crippen LogP) is 5.16. The van der Waals surface area contributed by atoms with E-state index in [9.17, 15) is 4.79 Å². The van der Waals surface area contributed by atoms with Gasteiger partial charge < -0.3 is 0 Å². The highest BCUT2D eigenvalue weighted by atomic mass is 32.2. The number of hydrogen-bond acceptors (Lipinski definition) is 6. The summed E-state index contributed by atoms with van der Waals surface area (Å²) in [6, 6.07) is 16.2. The molecule has 3 heterocycles. The molecule has 0 bridgehead atoms. The Labute approximate surface area is 181 Å². The second-order valence-electron chi connectivity index (χ2n) is 6.84. The normalized spacial score (nSPS) is 11.5. The lowest BCUT2D eigenvalue weighted by Crippen LogP contribution is -2.27. The molecule has 0 radical (unpaired) electrons. The molecule has 3 aromatic heterocycles. The topological polar surface area (TPSA) is 63.4 Å². The van der Waals surface area contributed by atoms with E-state index in [1.165, 1.54) is 11.3 Å². The highest BCUT2D eigenvalue weighted by Crippen LogP contribution is 2.31. The van der Waals surface area contributed by atoms with E-state index in [2.05, 4.69) is 21.5 Å². The van der Waals surface area contributed by atoms with Crippen LogP contribution in [0.2, 0.25) is 0 Å². The number of para-hydroxylation sites is 3. The molecule has 0 saturated heterocycles. The molecule has 30 heavy (non-hydrogen) atoms. The summed E-state index contributed by atoms with van der Waals surface area (Å²) < 4.78 is 2.13. The molecule has 0 atom stereocenters. The number of benzene rings is 2. The van der Waals surface area contributed by atoms with Crippen LogP contribution in [0.5, 0.6) is 0 Å². The maximum Gasteiger partial charge on any atom is 0.225 e. The second-order valence-corrected chi connectivity index (χ2v) is 8.62. The first kappa shape index (κ1) is 19.0. The van der Waals surface area contributed by atoms with Gasteiger partial charge in [-0.1, -0.05) is 36.0 Å². The summed E-state index contributed by atoms with van der Waals surface area (Å²) >= 11 is 3.13. The van der Waals surface area contributed by atoms with Gasteiger partial charge in [-0.15, -0.1) is 11.3 Å². The Hall–Kier alpha value is -2.97. The first-order valence-corrected chi connectivity index (χ1v) is 11.5. The number of thiazole rings is 1. The van der Waals surface area contributed by atoms with Crippen molar-refractivity contribution in [3.8, 4) is 0 Å².